The van der Waals surface area contributed by atoms with E-state index in [0.29, 0.717) is 44.1 Å². The van der Waals surface area contributed by atoms with E-state index in [-0.39, 0.29) is 17.2 Å². The number of thioether (sulfide) groups is 1. The van der Waals surface area contributed by atoms with Gasteiger partial charge in [0.15, 0.2) is 21.8 Å². The maximum Gasteiger partial charge on any atom is 0.266 e. The van der Waals surface area contributed by atoms with Crippen molar-refractivity contribution in [2.75, 3.05) is 25.3 Å². The van der Waals surface area contributed by atoms with E-state index >= 15 is 0 Å². The van der Waals surface area contributed by atoms with Crippen LogP contribution < -0.4 is 20.3 Å². The second-order valence-electron chi connectivity index (χ2n) is 8.52. The number of aryl methyl sites for hydroxylation is 1. The fourth-order valence-corrected chi connectivity index (χ4v) is 5.61. The highest BCUT2D eigenvalue weighted by atomic mass is 32.2. The molecule has 3 aromatic carbocycles. The molecule has 10 heteroatoms. The first-order chi connectivity index (χ1) is 19.0. The highest BCUT2D eigenvalue weighted by molar-refractivity contribution is 7.99. The lowest BCUT2D eigenvalue weighted by Gasteiger charge is -2.13. The van der Waals surface area contributed by atoms with Crippen LogP contribution in [0.2, 0.25) is 0 Å². The summed E-state index contributed by atoms with van der Waals surface area (Å²) < 4.78 is 12.2. The van der Waals surface area contributed by atoms with E-state index in [1.54, 1.807) is 30.9 Å². The van der Waals surface area contributed by atoms with Gasteiger partial charge < -0.3 is 14.8 Å². The van der Waals surface area contributed by atoms with Crippen molar-refractivity contribution in [1.82, 2.24) is 14.5 Å². The van der Waals surface area contributed by atoms with Crippen LogP contribution in [0.15, 0.2) is 82.1 Å². The number of fused-ring (bicyclic) bond motifs is 1. The topological polar surface area (TPSA) is 95.3 Å². The summed E-state index contributed by atoms with van der Waals surface area (Å²) in [6.07, 6.45) is 0.900. The van der Waals surface area contributed by atoms with Crippen molar-refractivity contribution in [2.45, 2.75) is 18.5 Å². The van der Waals surface area contributed by atoms with Crippen molar-refractivity contribution in [3.05, 3.63) is 88.0 Å². The van der Waals surface area contributed by atoms with Gasteiger partial charge in [-0.1, -0.05) is 43.0 Å². The Labute approximate surface area is 233 Å². The number of carbonyl (C=O) groups excluding carboxylic acids is 1. The number of anilines is 1. The number of para-hydroxylation sites is 1. The number of amides is 1. The maximum atomic E-state index is 13.4. The van der Waals surface area contributed by atoms with E-state index in [4.69, 9.17) is 14.5 Å². The minimum atomic E-state index is -0.247. The number of hydrogen-bond donors (Lipinski definition) is 1. The third-order valence-corrected chi connectivity index (χ3v) is 7.81. The molecule has 198 valence electrons. The Hall–Kier alpha value is -4.15. The van der Waals surface area contributed by atoms with Gasteiger partial charge in [-0.25, -0.2) is 9.97 Å². The molecule has 0 bridgehead atoms. The molecule has 0 unspecified atom stereocenters. The van der Waals surface area contributed by atoms with Gasteiger partial charge in [-0.15, -0.1) is 11.3 Å². The number of aromatic nitrogens is 3. The Balaban J connectivity index is 1.35. The first-order valence-corrected chi connectivity index (χ1v) is 14.1. The normalized spacial score (nSPS) is 10.9. The lowest BCUT2D eigenvalue weighted by atomic mass is 10.1. The Kier molecular flexibility index (Phi) is 7.94. The molecule has 39 heavy (non-hydrogen) atoms. The van der Waals surface area contributed by atoms with Crippen molar-refractivity contribution in [2.24, 2.45) is 0 Å². The molecule has 1 N–H and O–H groups in total. The van der Waals surface area contributed by atoms with Crippen molar-refractivity contribution in [1.29, 1.82) is 0 Å². The van der Waals surface area contributed by atoms with Crippen LogP contribution in [0.5, 0.6) is 11.5 Å². The average molecular weight is 559 g/mol. The molecule has 0 radical (unpaired) electrons. The van der Waals surface area contributed by atoms with Gasteiger partial charge in [-0.2, -0.15) is 0 Å². The molecule has 0 spiro atoms. The van der Waals surface area contributed by atoms with Gasteiger partial charge in [-0.05, 0) is 54.4 Å². The van der Waals surface area contributed by atoms with Gasteiger partial charge >= 0.3 is 0 Å². The first kappa shape index (κ1) is 26.5. The monoisotopic (exact) mass is 558 g/mol. The summed E-state index contributed by atoms with van der Waals surface area (Å²) in [5, 5.41) is 6.17. The summed E-state index contributed by atoms with van der Waals surface area (Å²) in [4.78, 5) is 35.6. The summed E-state index contributed by atoms with van der Waals surface area (Å²) >= 11 is 2.54. The zero-order valence-electron chi connectivity index (χ0n) is 21.6. The number of rotatable bonds is 9. The summed E-state index contributed by atoms with van der Waals surface area (Å²) in [6, 6.07) is 20.6. The molecule has 2 heterocycles. The second kappa shape index (κ2) is 11.7. The zero-order valence-corrected chi connectivity index (χ0v) is 23.3. The molecular weight excluding hydrogens is 532 g/mol. The Bertz CT molecular complexity index is 1700. The summed E-state index contributed by atoms with van der Waals surface area (Å²) in [7, 11) is 3.16. The molecule has 0 aliphatic carbocycles. The lowest BCUT2D eigenvalue weighted by molar-refractivity contribution is -0.113. The zero-order chi connectivity index (χ0) is 27.4. The number of methoxy groups -OCH3 is 2. The Morgan fingerprint density at radius 3 is 2.51 bits per heavy atom. The van der Waals surface area contributed by atoms with E-state index in [0.717, 1.165) is 12.0 Å². The molecule has 5 rings (SSSR count). The predicted molar refractivity (Wildman–Crippen MR) is 157 cm³/mol. The third kappa shape index (κ3) is 5.67. The number of carbonyl (C=O) groups is 1. The van der Waals surface area contributed by atoms with Crippen molar-refractivity contribution >= 4 is 45.0 Å². The number of ether oxygens (including phenoxy) is 2. The van der Waals surface area contributed by atoms with E-state index in [9.17, 15) is 9.59 Å². The number of thiazole rings is 1. The van der Waals surface area contributed by atoms with Crippen LogP contribution in [0.3, 0.4) is 0 Å². The van der Waals surface area contributed by atoms with Crippen LogP contribution in [0.1, 0.15) is 12.5 Å². The van der Waals surface area contributed by atoms with Crippen LogP contribution in [0.25, 0.3) is 27.8 Å². The van der Waals surface area contributed by atoms with Gasteiger partial charge in [0.05, 0.1) is 42.3 Å². The maximum absolute atomic E-state index is 13.4. The molecule has 0 saturated heterocycles. The van der Waals surface area contributed by atoms with Crippen molar-refractivity contribution in [3.63, 3.8) is 0 Å². The van der Waals surface area contributed by atoms with E-state index in [2.05, 4.69) is 17.2 Å². The fourth-order valence-electron chi connectivity index (χ4n) is 4.06. The molecule has 2 aromatic heterocycles. The van der Waals surface area contributed by atoms with Crippen molar-refractivity contribution < 1.29 is 14.3 Å². The van der Waals surface area contributed by atoms with Gasteiger partial charge in [0.1, 0.15) is 0 Å². The molecule has 0 aliphatic heterocycles. The highest BCUT2D eigenvalue weighted by Gasteiger charge is 2.16. The highest BCUT2D eigenvalue weighted by Crippen LogP contribution is 2.33. The SMILES string of the molecule is CCc1ccc(-n2c(SCC(=O)Nc3nc(-c4ccc(OC)c(OC)c4)cs3)nc3ccccc3c2=O)cc1. The van der Waals surface area contributed by atoms with Gasteiger partial charge in [-0.3, -0.25) is 14.2 Å². The molecule has 5 aromatic rings. The molecule has 0 fully saturated rings. The van der Waals surface area contributed by atoms with Gasteiger partial charge in [0.25, 0.3) is 5.56 Å². The third-order valence-electron chi connectivity index (χ3n) is 6.11. The molecule has 8 nitrogen and oxygen atoms in total. The van der Waals surface area contributed by atoms with Crippen LogP contribution in [-0.4, -0.2) is 40.4 Å². The average Bonchev–Trinajstić information content (AvgIpc) is 3.44. The Morgan fingerprint density at radius 2 is 1.77 bits per heavy atom. The molecule has 0 atom stereocenters. The summed E-state index contributed by atoms with van der Waals surface area (Å²) in [5.41, 5.74) is 3.85. The van der Waals surface area contributed by atoms with Gasteiger partial charge in [0, 0.05) is 10.9 Å². The number of benzene rings is 3. The number of hydrogen-bond acceptors (Lipinski definition) is 8. The van der Waals surface area contributed by atoms with E-state index in [1.807, 2.05) is 60.0 Å². The molecule has 0 aliphatic rings. The minimum absolute atomic E-state index is 0.0586. The summed E-state index contributed by atoms with van der Waals surface area (Å²) in [5.74, 6) is 1.04. The quantitative estimate of drug-likeness (QED) is 0.180. The lowest BCUT2D eigenvalue weighted by Crippen LogP contribution is -2.23. The first-order valence-electron chi connectivity index (χ1n) is 12.2. The molecular formula is C29H26N4O4S2. The van der Waals surface area contributed by atoms with Crippen molar-refractivity contribution in [3.8, 4) is 28.4 Å². The van der Waals surface area contributed by atoms with Crippen LogP contribution >= 0.6 is 23.1 Å². The largest absolute Gasteiger partial charge is 0.493 e. The summed E-state index contributed by atoms with van der Waals surface area (Å²) in [6.45, 7) is 2.08. The predicted octanol–water partition coefficient (Wildman–Crippen LogP) is 5.82. The smallest absolute Gasteiger partial charge is 0.266 e. The standard InChI is InChI=1S/C29H26N4O4S2/c1-4-18-9-12-20(13-10-18)33-27(35)21-7-5-6-8-22(21)31-29(33)39-17-26(34)32-28-30-23(16-38-28)19-11-14-24(36-2)25(15-19)37-3/h5-16H,4,17H2,1-3H3,(H,30,32,34). The van der Waals surface area contributed by atoms with E-state index < -0.39 is 0 Å². The van der Waals surface area contributed by atoms with Crippen LogP contribution in [0, 0.1) is 0 Å². The number of nitrogens with zero attached hydrogens (tertiary/aromatic N) is 3. The number of nitrogens with one attached hydrogen (secondary N) is 1. The van der Waals surface area contributed by atoms with Crippen LogP contribution in [-0.2, 0) is 11.2 Å². The van der Waals surface area contributed by atoms with Gasteiger partial charge in [0.2, 0.25) is 5.91 Å². The molecule has 1 amide bonds. The minimum Gasteiger partial charge on any atom is -0.493 e. The van der Waals surface area contributed by atoms with E-state index in [1.165, 1.54) is 28.7 Å². The van der Waals surface area contributed by atoms with Crippen LogP contribution in [0.4, 0.5) is 5.13 Å². The Morgan fingerprint density at radius 1 is 1.00 bits per heavy atom. The molecule has 0 saturated carbocycles. The fraction of sp³-hybridized carbons (Fsp3) is 0.172. The second-order valence-corrected chi connectivity index (χ2v) is 10.3.